The first-order valence-electron chi connectivity index (χ1n) is 7.36. The van der Waals surface area contributed by atoms with Crippen molar-refractivity contribution in [3.63, 3.8) is 0 Å². The summed E-state index contributed by atoms with van der Waals surface area (Å²) >= 11 is 0. The maximum absolute atomic E-state index is 12.4. The third-order valence-corrected chi connectivity index (χ3v) is 3.36. The second-order valence-electron chi connectivity index (χ2n) is 5.98. The summed E-state index contributed by atoms with van der Waals surface area (Å²) in [6.07, 6.45) is 0. The molecule has 0 spiro atoms. The molecule has 1 aromatic heterocycles. The molecule has 2 rings (SSSR count). The molecule has 116 valence electrons. The zero-order chi connectivity index (χ0) is 16.3. The number of nitrogens with zero attached hydrogens (tertiary/aromatic N) is 2. The van der Waals surface area contributed by atoms with E-state index in [4.69, 9.17) is 0 Å². The van der Waals surface area contributed by atoms with Crippen LogP contribution in [0.2, 0.25) is 0 Å². The van der Waals surface area contributed by atoms with Gasteiger partial charge in [-0.2, -0.15) is 0 Å². The van der Waals surface area contributed by atoms with E-state index in [-0.39, 0.29) is 5.91 Å². The van der Waals surface area contributed by atoms with Crippen molar-refractivity contribution in [1.82, 2.24) is 9.88 Å². The Morgan fingerprint density at radius 1 is 1.14 bits per heavy atom. The van der Waals surface area contributed by atoms with Crippen molar-refractivity contribution < 1.29 is 4.79 Å². The minimum atomic E-state index is -0.119. The van der Waals surface area contributed by atoms with Crippen LogP contribution >= 0.6 is 0 Å². The quantitative estimate of drug-likeness (QED) is 0.941. The van der Waals surface area contributed by atoms with E-state index in [0.29, 0.717) is 5.56 Å². The minimum absolute atomic E-state index is 0.119. The summed E-state index contributed by atoms with van der Waals surface area (Å²) in [7, 11) is 4.06. The highest BCUT2D eigenvalue weighted by molar-refractivity contribution is 6.05. The molecule has 1 N–H and O–H groups in total. The summed E-state index contributed by atoms with van der Waals surface area (Å²) in [6.45, 7) is 6.65. The molecule has 2 aromatic rings. The van der Waals surface area contributed by atoms with Gasteiger partial charge < -0.3 is 10.2 Å². The Bertz CT molecular complexity index is 693. The highest BCUT2D eigenvalue weighted by Gasteiger charge is 2.11. The zero-order valence-electron chi connectivity index (χ0n) is 13.9. The number of nitrogens with one attached hydrogen (secondary N) is 1. The van der Waals surface area contributed by atoms with Gasteiger partial charge in [-0.3, -0.25) is 9.78 Å². The van der Waals surface area contributed by atoms with Gasteiger partial charge in [0, 0.05) is 17.9 Å². The minimum Gasteiger partial charge on any atom is -0.322 e. The Hall–Kier alpha value is -2.20. The molecule has 0 saturated carbocycles. The monoisotopic (exact) mass is 297 g/mol. The van der Waals surface area contributed by atoms with E-state index in [1.807, 2.05) is 59.1 Å². The third kappa shape index (κ3) is 4.15. The molecule has 1 aromatic carbocycles. The Morgan fingerprint density at radius 2 is 1.86 bits per heavy atom. The lowest BCUT2D eigenvalue weighted by atomic mass is 10.1. The maximum Gasteiger partial charge on any atom is 0.257 e. The van der Waals surface area contributed by atoms with Crippen LogP contribution in [0.5, 0.6) is 0 Å². The van der Waals surface area contributed by atoms with Crippen molar-refractivity contribution in [1.29, 1.82) is 0 Å². The van der Waals surface area contributed by atoms with E-state index in [2.05, 4.69) is 21.3 Å². The largest absolute Gasteiger partial charge is 0.322 e. The van der Waals surface area contributed by atoms with Crippen LogP contribution < -0.4 is 5.32 Å². The van der Waals surface area contributed by atoms with Gasteiger partial charge in [-0.1, -0.05) is 6.07 Å². The lowest BCUT2D eigenvalue weighted by molar-refractivity contribution is 0.102. The topological polar surface area (TPSA) is 45.2 Å². The van der Waals surface area contributed by atoms with Gasteiger partial charge >= 0.3 is 0 Å². The van der Waals surface area contributed by atoms with Crippen molar-refractivity contribution in [2.45, 2.75) is 27.3 Å². The van der Waals surface area contributed by atoms with Crippen molar-refractivity contribution in [2.75, 3.05) is 19.4 Å². The Kier molecular flexibility index (Phi) is 4.93. The van der Waals surface area contributed by atoms with Crippen LogP contribution in [0, 0.1) is 20.8 Å². The van der Waals surface area contributed by atoms with Crippen LogP contribution in [0.25, 0.3) is 0 Å². The van der Waals surface area contributed by atoms with Crippen molar-refractivity contribution in [2.24, 2.45) is 0 Å². The Labute approximate surface area is 132 Å². The van der Waals surface area contributed by atoms with Crippen LogP contribution in [0.15, 0.2) is 30.3 Å². The van der Waals surface area contributed by atoms with Crippen LogP contribution in [-0.2, 0) is 6.54 Å². The van der Waals surface area contributed by atoms with Gasteiger partial charge in [0.05, 0.1) is 11.3 Å². The summed E-state index contributed by atoms with van der Waals surface area (Å²) < 4.78 is 0. The molecule has 0 aliphatic carbocycles. The molecule has 0 radical (unpaired) electrons. The van der Waals surface area contributed by atoms with E-state index >= 15 is 0 Å². The van der Waals surface area contributed by atoms with Gasteiger partial charge in [-0.25, -0.2) is 0 Å². The van der Waals surface area contributed by atoms with E-state index < -0.39 is 0 Å². The predicted molar refractivity (Wildman–Crippen MR) is 90.2 cm³/mol. The van der Waals surface area contributed by atoms with Crippen LogP contribution in [-0.4, -0.2) is 29.9 Å². The van der Waals surface area contributed by atoms with Crippen LogP contribution in [0.1, 0.15) is 32.9 Å². The molecule has 0 aliphatic heterocycles. The zero-order valence-corrected chi connectivity index (χ0v) is 13.9. The van der Waals surface area contributed by atoms with E-state index in [1.165, 1.54) is 5.56 Å². The molecule has 0 atom stereocenters. The van der Waals surface area contributed by atoms with Crippen molar-refractivity contribution >= 4 is 11.6 Å². The Morgan fingerprint density at radius 3 is 2.50 bits per heavy atom. The molecule has 0 saturated heterocycles. The van der Waals surface area contributed by atoms with Gasteiger partial charge in [0.25, 0.3) is 5.91 Å². The standard InChI is InChI=1S/C18H23N3O/c1-12-8-15(11-21(4)5)10-16(9-12)20-18(22)17-7-6-13(2)19-14(17)3/h6-10H,11H2,1-5H3,(H,20,22). The maximum atomic E-state index is 12.4. The smallest absolute Gasteiger partial charge is 0.257 e. The van der Waals surface area contributed by atoms with Crippen molar-refractivity contribution in [3.8, 4) is 0 Å². The molecule has 22 heavy (non-hydrogen) atoms. The summed E-state index contributed by atoms with van der Waals surface area (Å²) in [5.41, 5.74) is 5.41. The van der Waals surface area contributed by atoms with Crippen LogP contribution in [0.4, 0.5) is 5.69 Å². The fourth-order valence-corrected chi connectivity index (χ4v) is 2.52. The number of carbonyl (C=O) groups is 1. The SMILES string of the molecule is Cc1cc(CN(C)C)cc(NC(=O)c2ccc(C)nc2C)c1. The summed E-state index contributed by atoms with van der Waals surface area (Å²) in [6, 6.07) is 9.81. The van der Waals surface area contributed by atoms with E-state index in [1.54, 1.807) is 0 Å². The van der Waals surface area contributed by atoms with Gasteiger partial charge in [0.1, 0.15) is 0 Å². The summed E-state index contributed by atoms with van der Waals surface area (Å²) in [5, 5.41) is 2.98. The second-order valence-corrected chi connectivity index (χ2v) is 5.98. The molecule has 0 unspecified atom stereocenters. The lowest BCUT2D eigenvalue weighted by Crippen LogP contribution is -2.15. The number of hydrogen-bond donors (Lipinski definition) is 1. The molecule has 4 heteroatoms. The average molecular weight is 297 g/mol. The Balaban J connectivity index is 2.22. The number of pyridine rings is 1. The first-order chi connectivity index (χ1) is 10.3. The normalized spacial score (nSPS) is 10.8. The summed E-state index contributed by atoms with van der Waals surface area (Å²) in [4.78, 5) is 18.9. The molecular formula is C18H23N3O. The van der Waals surface area contributed by atoms with Crippen molar-refractivity contribution in [3.05, 3.63) is 58.4 Å². The summed E-state index contributed by atoms with van der Waals surface area (Å²) in [5.74, 6) is -0.119. The number of rotatable bonds is 4. The lowest BCUT2D eigenvalue weighted by Gasteiger charge is -2.13. The number of amides is 1. The average Bonchev–Trinajstić information content (AvgIpc) is 2.36. The molecule has 1 amide bonds. The fourth-order valence-electron chi connectivity index (χ4n) is 2.52. The molecule has 0 bridgehead atoms. The fraction of sp³-hybridized carbons (Fsp3) is 0.333. The molecular weight excluding hydrogens is 274 g/mol. The third-order valence-electron chi connectivity index (χ3n) is 3.36. The van der Waals surface area contributed by atoms with Crippen LogP contribution in [0.3, 0.4) is 0 Å². The molecule has 0 aliphatic rings. The first kappa shape index (κ1) is 16.2. The molecule has 0 fully saturated rings. The number of anilines is 1. The van der Waals surface area contributed by atoms with Gasteiger partial charge in [-0.15, -0.1) is 0 Å². The molecule has 1 heterocycles. The highest BCUT2D eigenvalue weighted by atomic mass is 16.1. The van der Waals surface area contributed by atoms with E-state index in [0.717, 1.165) is 29.2 Å². The van der Waals surface area contributed by atoms with Gasteiger partial charge in [0.15, 0.2) is 0 Å². The van der Waals surface area contributed by atoms with Gasteiger partial charge in [0.2, 0.25) is 0 Å². The van der Waals surface area contributed by atoms with Gasteiger partial charge in [-0.05, 0) is 70.3 Å². The number of aryl methyl sites for hydroxylation is 3. The predicted octanol–water partition coefficient (Wildman–Crippen LogP) is 3.32. The highest BCUT2D eigenvalue weighted by Crippen LogP contribution is 2.17. The number of aromatic nitrogens is 1. The van der Waals surface area contributed by atoms with E-state index in [9.17, 15) is 4.79 Å². The number of hydrogen-bond acceptors (Lipinski definition) is 3. The number of carbonyl (C=O) groups excluding carboxylic acids is 1. The second kappa shape index (κ2) is 6.71. The number of benzene rings is 1. The molecule has 4 nitrogen and oxygen atoms in total. The first-order valence-corrected chi connectivity index (χ1v) is 7.36.